The van der Waals surface area contributed by atoms with Gasteiger partial charge in [0.25, 0.3) is 0 Å². The van der Waals surface area contributed by atoms with Crippen LogP contribution in [0.4, 0.5) is 5.82 Å². The molecule has 0 amide bonds. The van der Waals surface area contributed by atoms with Crippen LogP contribution in [0.3, 0.4) is 0 Å². The zero-order valence-corrected chi connectivity index (χ0v) is 11.6. The maximum absolute atomic E-state index is 5.64. The summed E-state index contributed by atoms with van der Waals surface area (Å²) in [7, 11) is 3.57. The molecule has 106 valence electrons. The lowest BCUT2D eigenvalue weighted by atomic mass is 9.79. The molecule has 0 unspecified atom stereocenters. The van der Waals surface area contributed by atoms with Crippen molar-refractivity contribution in [3.63, 3.8) is 0 Å². The summed E-state index contributed by atoms with van der Waals surface area (Å²) in [5.74, 6) is 6.77. The van der Waals surface area contributed by atoms with E-state index in [1.807, 2.05) is 19.3 Å². The molecule has 0 bridgehead atoms. The van der Waals surface area contributed by atoms with E-state index in [4.69, 9.17) is 10.6 Å². The van der Waals surface area contributed by atoms with Gasteiger partial charge in [-0.2, -0.15) is 5.10 Å². The molecule has 2 aromatic heterocycles. The molecule has 0 atom stereocenters. The van der Waals surface area contributed by atoms with Crippen molar-refractivity contribution >= 4 is 5.82 Å². The fourth-order valence-electron chi connectivity index (χ4n) is 2.44. The van der Waals surface area contributed by atoms with Crippen LogP contribution in [0.5, 0.6) is 0 Å². The number of hydrazine groups is 1. The first kappa shape index (κ1) is 13.0. The van der Waals surface area contributed by atoms with Crippen LogP contribution in [-0.2, 0) is 17.4 Å². The first-order valence-electron chi connectivity index (χ1n) is 6.57. The Bertz CT molecular complexity index is 614. The topological polar surface area (TPSA) is 90.9 Å². The number of methoxy groups -OCH3 is 1. The third kappa shape index (κ3) is 2.04. The molecule has 20 heavy (non-hydrogen) atoms. The van der Waals surface area contributed by atoms with E-state index in [0.29, 0.717) is 11.6 Å². The molecule has 7 nitrogen and oxygen atoms in total. The molecule has 1 aliphatic rings. The van der Waals surface area contributed by atoms with E-state index in [2.05, 4.69) is 20.5 Å². The van der Waals surface area contributed by atoms with Crippen molar-refractivity contribution in [3.05, 3.63) is 24.3 Å². The summed E-state index contributed by atoms with van der Waals surface area (Å²) in [5, 5.41) is 4.17. The number of hydrogen-bond acceptors (Lipinski definition) is 6. The van der Waals surface area contributed by atoms with Crippen molar-refractivity contribution < 1.29 is 4.74 Å². The SMILES string of the molecule is COC1(c2nc(NN)cc(-c3cnn(C)c3)n2)CCC1. The molecule has 2 heterocycles. The monoisotopic (exact) mass is 274 g/mol. The molecule has 0 aliphatic heterocycles. The molecule has 0 spiro atoms. The Morgan fingerprint density at radius 3 is 2.70 bits per heavy atom. The number of nitrogens with zero attached hydrogens (tertiary/aromatic N) is 4. The van der Waals surface area contributed by atoms with E-state index in [9.17, 15) is 0 Å². The van der Waals surface area contributed by atoms with Crippen LogP contribution in [0.25, 0.3) is 11.3 Å². The normalized spacial score (nSPS) is 16.8. The van der Waals surface area contributed by atoms with Crippen LogP contribution in [-0.4, -0.2) is 26.9 Å². The summed E-state index contributed by atoms with van der Waals surface area (Å²) in [6.45, 7) is 0. The van der Waals surface area contributed by atoms with Crippen molar-refractivity contribution in [2.24, 2.45) is 12.9 Å². The molecule has 2 aromatic rings. The second kappa shape index (κ2) is 4.84. The number of ether oxygens (including phenoxy) is 1. The van der Waals surface area contributed by atoms with Crippen LogP contribution in [0, 0.1) is 0 Å². The van der Waals surface area contributed by atoms with Gasteiger partial charge in [0.15, 0.2) is 5.82 Å². The number of nitrogens with two attached hydrogens (primary N) is 1. The highest BCUT2D eigenvalue weighted by atomic mass is 16.5. The number of nitrogen functional groups attached to an aromatic ring is 1. The number of hydrogen-bond donors (Lipinski definition) is 2. The largest absolute Gasteiger partial charge is 0.370 e. The molecule has 3 N–H and O–H groups in total. The van der Waals surface area contributed by atoms with Gasteiger partial charge in [0.1, 0.15) is 11.4 Å². The maximum atomic E-state index is 5.64. The van der Waals surface area contributed by atoms with Gasteiger partial charge in [-0.3, -0.25) is 4.68 Å². The van der Waals surface area contributed by atoms with E-state index in [0.717, 1.165) is 30.5 Å². The first-order chi connectivity index (χ1) is 9.66. The zero-order chi connectivity index (χ0) is 14.2. The second-order valence-corrected chi connectivity index (χ2v) is 5.06. The highest BCUT2D eigenvalue weighted by molar-refractivity contribution is 5.61. The molecule has 0 radical (unpaired) electrons. The Hall–Kier alpha value is -1.99. The zero-order valence-electron chi connectivity index (χ0n) is 11.6. The Kier molecular flexibility index (Phi) is 3.15. The third-order valence-corrected chi connectivity index (χ3v) is 3.83. The number of anilines is 1. The van der Waals surface area contributed by atoms with E-state index < -0.39 is 0 Å². The Morgan fingerprint density at radius 2 is 2.20 bits per heavy atom. The van der Waals surface area contributed by atoms with Crippen molar-refractivity contribution in [2.45, 2.75) is 24.9 Å². The van der Waals surface area contributed by atoms with E-state index in [1.54, 1.807) is 18.0 Å². The Morgan fingerprint density at radius 1 is 1.40 bits per heavy atom. The molecule has 3 rings (SSSR count). The van der Waals surface area contributed by atoms with Gasteiger partial charge in [0.05, 0.1) is 11.9 Å². The summed E-state index contributed by atoms with van der Waals surface area (Å²) in [5.41, 5.74) is 3.94. The van der Waals surface area contributed by atoms with Crippen molar-refractivity contribution in [1.29, 1.82) is 0 Å². The molecular weight excluding hydrogens is 256 g/mol. The van der Waals surface area contributed by atoms with Crippen molar-refractivity contribution in [2.75, 3.05) is 12.5 Å². The second-order valence-electron chi connectivity index (χ2n) is 5.06. The maximum Gasteiger partial charge on any atom is 0.163 e. The van der Waals surface area contributed by atoms with Gasteiger partial charge in [-0.05, 0) is 19.3 Å². The standard InChI is InChI=1S/C13H18N6O/c1-19-8-9(7-15-19)10-6-11(18-14)17-12(16-10)13(20-2)4-3-5-13/h6-8H,3-5,14H2,1-2H3,(H,16,17,18). The summed E-state index contributed by atoms with van der Waals surface area (Å²) in [6, 6.07) is 1.81. The lowest BCUT2D eigenvalue weighted by molar-refractivity contribution is -0.0844. The molecule has 1 fully saturated rings. The van der Waals surface area contributed by atoms with Crippen LogP contribution < -0.4 is 11.3 Å². The van der Waals surface area contributed by atoms with Crippen LogP contribution >= 0.6 is 0 Å². The van der Waals surface area contributed by atoms with Gasteiger partial charge < -0.3 is 10.2 Å². The molecule has 7 heteroatoms. The minimum Gasteiger partial charge on any atom is -0.370 e. The minimum absolute atomic E-state index is 0.371. The highest BCUT2D eigenvalue weighted by Crippen LogP contribution is 2.43. The molecule has 0 saturated heterocycles. The van der Waals surface area contributed by atoms with Crippen LogP contribution in [0.15, 0.2) is 18.5 Å². The average Bonchev–Trinajstić information content (AvgIpc) is 2.84. The first-order valence-corrected chi connectivity index (χ1v) is 6.57. The van der Waals surface area contributed by atoms with E-state index in [-0.39, 0.29) is 5.60 Å². The number of aromatic nitrogens is 4. The Labute approximate surface area is 117 Å². The smallest absolute Gasteiger partial charge is 0.163 e. The molecule has 0 aromatic carbocycles. The summed E-state index contributed by atoms with van der Waals surface area (Å²) in [4.78, 5) is 9.09. The third-order valence-electron chi connectivity index (χ3n) is 3.83. The predicted octanol–water partition coefficient (Wildman–Crippen LogP) is 1.19. The quantitative estimate of drug-likeness (QED) is 0.643. The van der Waals surface area contributed by atoms with Crippen molar-refractivity contribution in [3.8, 4) is 11.3 Å². The van der Waals surface area contributed by atoms with Gasteiger partial charge in [0, 0.05) is 32.0 Å². The van der Waals surface area contributed by atoms with Crippen LogP contribution in [0.1, 0.15) is 25.1 Å². The lowest BCUT2D eigenvalue weighted by Gasteiger charge is -2.39. The lowest BCUT2D eigenvalue weighted by Crippen LogP contribution is -2.38. The molecular formula is C13H18N6O. The summed E-state index contributed by atoms with van der Waals surface area (Å²) < 4.78 is 7.38. The number of aryl methyl sites for hydroxylation is 1. The van der Waals surface area contributed by atoms with Gasteiger partial charge in [-0.25, -0.2) is 15.8 Å². The van der Waals surface area contributed by atoms with Gasteiger partial charge in [0.2, 0.25) is 0 Å². The van der Waals surface area contributed by atoms with E-state index in [1.165, 1.54) is 0 Å². The molecule has 1 saturated carbocycles. The van der Waals surface area contributed by atoms with Gasteiger partial charge in [-0.15, -0.1) is 0 Å². The highest BCUT2D eigenvalue weighted by Gasteiger charge is 2.42. The number of nitrogens with one attached hydrogen (secondary N) is 1. The minimum atomic E-state index is -0.371. The van der Waals surface area contributed by atoms with E-state index >= 15 is 0 Å². The average molecular weight is 274 g/mol. The fraction of sp³-hybridized carbons (Fsp3) is 0.462. The van der Waals surface area contributed by atoms with Gasteiger partial charge in [-0.1, -0.05) is 0 Å². The van der Waals surface area contributed by atoms with Crippen LogP contribution in [0.2, 0.25) is 0 Å². The van der Waals surface area contributed by atoms with Gasteiger partial charge >= 0.3 is 0 Å². The summed E-state index contributed by atoms with van der Waals surface area (Å²) in [6.07, 6.45) is 6.67. The Balaban J connectivity index is 2.07. The van der Waals surface area contributed by atoms with Crippen molar-refractivity contribution in [1.82, 2.24) is 19.7 Å². The summed E-state index contributed by atoms with van der Waals surface area (Å²) >= 11 is 0. The number of rotatable bonds is 4. The fourth-order valence-corrected chi connectivity index (χ4v) is 2.44. The molecule has 1 aliphatic carbocycles. The predicted molar refractivity (Wildman–Crippen MR) is 74.6 cm³/mol.